The van der Waals surface area contributed by atoms with Gasteiger partial charge in [-0.05, 0) is 30.2 Å². The normalized spacial score (nSPS) is 10.7. The second-order valence-corrected chi connectivity index (χ2v) is 3.12. The van der Waals surface area contributed by atoms with Crippen LogP contribution in [-0.2, 0) is 4.74 Å². The van der Waals surface area contributed by atoms with Gasteiger partial charge in [0.25, 0.3) is 0 Å². The SMILES string of the molecule is CCCCO/C=C/c1ccnc(Cl)n1. The zero-order chi connectivity index (χ0) is 10.2. The molecule has 76 valence electrons. The van der Waals surface area contributed by atoms with Gasteiger partial charge in [0.2, 0.25) is 5.28 Å². The van der Waals surface area contributed by atoms with E-state index in [-0.39, 0.29) is 5.28 Å². The van der Waals surface area contributed by atoms with Gasteiger partial charge >= 0.3 is 0 Å². The molecule has 0 aliphatic heterocycles. The summed E-state index contributed by atoms with van der Waals surface area (Å²) in [6.07, 6.45) is 7.21. The van der Waals surface area contributed by atoms with Gasteiger partial charge in [-0.15, -0.1) is 0 Å². The van der Waals surface area contributed by atoms with E-state index in [4.69, 9.17) is 16.3 Å². The lowest BCUT2D eigenvalue weighted by molar-refractivity contribution is 0.246. The lowest BCUT2D eigenvalue weighted by atomic mass is 10.4. The first kappa shape index (κ1) is 11.0. The smallest absolute Gasteiger partial charge is 0.222 e. The van der Waals surface area contributed by atoms with Crippen LogP contribution in [-0.4, -0.2) is 16.6 Å². The van der Waals surface area contributed by atoms with Crippen LogP contribution in [0.3, 0.4) is 0 Å². The number of hydrogen-bond donors (Lipinski definition) is 0. The molecule has 0 amide bonds. The fourth-order valence-corrected chi connectivity index (χ4v) is 1.01. The van der Waals surface area contributed by atoms with E-state index in [1.54, 1.807) is 24.6 Å². The van der Waals surface area contributed by atoms with Crippen LogP contribution < -0.4 is 0 Å². The van der Waals surface area contributed by atoms with Crippen molar-refractivity contribution in [2.45, 2.75) is 19.8 Å². The molecule has 1 aromatic rings. The molecule has 3 nitrogen and oxygen atoms in total. The second-order valence-electron chi connectivity index (χ2n) is 2.78. The van der Waals surface area contributed by atoms with Crippen LogP contribution in [0.4, 0.5) is 0 Å². The first-order chi connectivity index (χ1) is 6.83. The molecule has 0 fully saturated rings. The zero-order valence-corrected chi connectivity index (χ0v) is 8.87. The van der Waals surface area contributed by atoms with Gasteiger partial charge in [-0.1, -0.05) is 13.3 Å². The Hall–Kier alpha value is -1.09. The van der Waals surface area contributed by atoms with Crippen molar-refractivity contribution in [3.8, 4) is 0 Å². The number of rotatable bonds is 5. The van der Waals surface area contributed by atoms with Crippen LogP contribution in [0.15, 0.2) is 18.5 Å². The number of ether oxygens (including phenoxy) is 1. The molecule has 1 heterocycles. The van der Waals surface area contributed by atoms with E-state index >= 15 is 0 Å². The highest BCUT2D eigenvalue weighted by Crippen LogP contribution is 2.02. The minimum atomic E-state index is 0.251. The first-order valence-corrected chi connectivity index (χ1v) is 4.97. The van der Waals surface area contributed by atoms with Crippen LogP contribution in [0, 0.1) is 0 Å². The molecule has 0 saturated heterocycles. The summed E-state index contributed by atoms with van der Waals surface area (Å²) in [5, 5.41) is 0.251. The van der Waals surface area contributed by atoms with Gasteiger partial charge in [0.1, 0.15) is 0 Å². The average Bonchev–Trinajstić information content (AvgIpc) is 2.18. The molecule has 0 radical (unpaired) electrons. The zero-order valence-electron chi connectivity index (χ0n) is 8.11. The van der Waals surface area contributed by atoms with Crippen molar-refractivity contribution in [3.05, 3.63) is 29.5 Å². The molecule has 14 heavy (non-hydrogen) atoms. The highest BCUT2D eigenvalue weighted by Gasteiger charge is 1.91. The van der Waals surface area contributed by atoms with Crippen LogP contribution in [0.5, 0.6) is 0 Å². The van der Waals surface area contributed by atoms with Crippen molar-refractivity contribution in [1.29, 1.82) is 0 Å². The van der Waals surface area contributed by atoms with Gasteiger partial charge in [-0.2, -0.15) is 0 Å². The Bertz CT molecular complexity index is 302. The van der Waals surface area contributed by atoms with E-state index in [1.165, 1.54) is 0 Å². The second kappa shape index (κ2) is 6.38. The minimum absolute atomic E-state index is 0.251. The molecule has 0 aliphatic carbocycles. The van der Waals surface area contributed by atoms with Gasteiger partial charge in [-0.3, -0.25) is 0 Å². The predicted octanol–water partition coefficient (Wildman–Crippen LogP) is 2.92. The molecule has 1 aromatic heterocycles. The van der Waals surface area contributed by atoms with Gasteiger partial charge in [0.15, 0.2) is 0 Å². The minimum Gasteiger partial charge on any atom is -0.501 e. The monoisotopic (exact) mass is 212 g/mol. The van der Waals surface area contributed by atoms with Crippen LogP contribution in [0.2, 0.25) is 5.28 Å². The van der Waals surface area contributed by atoms with E-state index in [9.17, 15) is 0 Å². The molecule has 0 atom stereocenters. The maximum Gasteiger partial charge on any atom is 0.222 e. The molecule has 1 rings (SSSR count). The lowest BCUT2D eigenvalue weighted by Gasteiger charge is -1.97. The summed E-state index contributed by atoms with van der Waals surface area (Å²) < 4.78 is 5.23. The van der Waals surface area contributed by atoms with Gasteiger partial charge < -0.3 is 4.74 Å². The van der Waals surface area contributed by atoms with E-state index in [2.05, 4.69) is 16.9 Å². The van der Waals surface area contributed by atoms with E-state index in [1.807, 2.05) is 0 Å². The fraction of sp³-hybridized carbons (Fsp3) is 0.400. The molecule has 0 bridgehead atoms. The summed E-state index contributed by atoms with van der Waals surface area (Å²) in [5.74, 6) is 0. The van der Waals surface area contributed by atoms with Crippen molar-refractivity contribution in [3.63, 3.8) is 0 Å². The largest absolute Gasteiger partial charge is 0.501 e. The molecule has 0 unspecified atom stereocenters. The molecule has 0 spiro atoms. The Morgan fingerprint density at radius 3 is 3.14 bits per heavy atom. The predicted molar refractivity (Wildman–Crippen MR) is 56.9 cm³/mol. The maximum atomic E-state index is 5.61. The number of aromatic nitrogens is 2. The van der Waals surface area contributed by atoms with Crippen LogP contribution in [0.25, 0.3) is 6.08 Å². The van der Waals surface area contributed by atoms with Crippen molar-refractivity contribution in [1.82, 2.24) is 9.97 Å². The number of unbranched alkanes of at least 4 members (excludes halogenated alkanes) is 1. The third kappa shape index (κ3) is 4.23. The van der Waals surface area contributed by atoms with E-state index in [0.717, 1.165) is 25.1 Å². The Balaban J connectivity index is 2.36. The Labute approximate surface area is 88.8 Å². The molecule has 0 N–H and O–H groups in total. The summed E-state index contributed by atoms with van der Waals surface area (Å²) in [4.78, 5) is 7.76. The van der Waals surface area contributed by atoms with Gasteiger partial charge in [0, 0.05) is 6.20 Å². The quantitative estimate of drug-likeness (QED) is 0.428. The number of hydrogen-bond acceptors (Lipinski definition) is 3. The van der Waals surface area contributed by atoms with Crippen molar-refractivity contribution >= 4 is 17.7 Å². The van der Waals surface area contributed by atoms with Crippen molar-refractivity contribution in [2.24, 2.45) is 0 Å². The maximum absolute atomic E-state index is 5.61. The van der Waals surface area contributed by atoms with Crippen LogP contribution >= 0.6 is 11.6 Å². The standard InChI is InChI=1S/C10H13ClN2O/c1-2-3-7-14-8-5-9-4-6-12-10(11)13-9/h4-6,8H,2-3,7H2,1H3/b8-5+. The summed E-state index contributed by atoms with van der Waals surface area (Å²) in [7, 11) is 0. The topological polar surface area (TPSA) is 35.0 Å². The summed E-state index contributed by atoms with van der Waals surface area (Å²) in [6.45, 7) is 2.86. The third-order valence-corrected chi connectivity index (χ3v) is 1.78. The number of halogens is 1. The highest BCUT2D eigenvalue weighted by atomic mass is 35.5. The molecule has 0 aliphatic rings. The van der Waals surface area contributed by atoms with Gasteiger partial charge in [-0.25, -0.2) is 9.97 Å². The molecule has 4 heteroatoms. The highest BCUT2D eigenvalue weighted by molar-refractivity contribution is 6.28. The van der Waals surface area contributed by atoms with Crippen molar-refractivity contribution < 1.29 is 4.74 Å². The summed E-state index contributed by atoms with van der Waals surface area (Å²) in [5.41, 5.74) is 0.751. The Kier molecular flexibility index (Phi) is 5.00. The summed E-state index contributed by atoms with van der Waals surface area (Å²) >= 11 is 5.61. The van der Waals surface area contributed by atoms with Gasteiger partial charge in [0.05, 0.1) is 18.6 Å². The number of nitrogens with zero attached hydrogens (tertiary/aromatic N) is 2. The molecular weight excluding hydrogens is 200 g/mol. The summed E-state index contributed by atoms with van der Waals surface area (Å²) in [6, 6.07) is 1.77. The Morgan fingerprint density at radius 1 is 1.57 bits per heavy atom. The van der Waals surface area contributed by atoms with Crippen molar-refractivity contribution in [2.75, 3.05) is 6.61 Å². The van der Waals surface area contributed by atoms with E-state index < -0.39 is 0 Å². The fourth-order valence-electron chi connectivity index (χ4n) is 0.854. The molecule has 0 saturated carbocycles. The average molecular weight is 213 g/mol. The van der Waals surface area contributed by atoms with Crippen LogP contribution in [0.1, 0.15) is 25.5 Å². The van der Waals surface area contributed by atoms with E-state index in [0.29, 0.717) is 0 Å². The Morgan fingerprint density at radius 2 is 2.43 bits per heavy atom. The first-order valence-electron chi connectivity index (χ1n) is 4.59. The molecular formula is C10H13ClN2O. The third-order valence-electron chi connectivity index (χ3n) is 1.60. The lowest BCUT2D eigenvalue weighted by Crippen LogP contribution is -1.87. The molecule has 0 aromatic carbocycles.